The van der Waals surface area contributed by atoms with Crippen LogP contribution in [-0.2, 0) is 14.8 Å². The van der Waals surface area contributed by atoms with Crippen LogP contribution in [0.15, 0.2) is 0 Å². The Labute approximate surface area is 104 Å². The Morgan fingerprint density at radius 1 is 1.35 bits per heavy atom. The molecule has 0 saturated carbocycles. The third-order valence-corrected chi connectivity index (χ3v) is 4.90. The molecule has 1 amide bonds. The van der Waals surface area contributed by atoms with Crippen molar-refractivity contribution in [3.63, 3.8) is 0 Å². The van der Waals surface area contributed by atoms with Gasteiger partial charge in [0, 0.05) is 25.0 Å². The van der Waals surface area contributed by atoms with Crippen LogP contribution in [0.5, 0.6) is 0 Å². The molecule has 0 aromatic heterocycles. The van der Waals surface area contributed by atoms with Crippen LogP contribution in [0.1, 0.15) is 33.6 Å². The topological polar surface area (TPSA) is 66.5 Å². The fraction of sp³-hybridized carbons (Fsp3) is 0.909. The molecule has 0 unspecified atom stereocenters. The molecule has 0 atom stereocenters. The molecule has 0 spiro atoms. The van der Waals surface area contributed by atoms with E-state index in [-0.39, 0.29) is 23.6 Å². The maximum Gasteiger partial charge on any atom is 0.223 e. The number of piperidine rings is 1. The molecule has 1 aliphatic heterocycles. The molecule has 0 bridgehead atoms. The average molecular weight is 262 g/mol. The van der Waals surface area contributed by atoms with Crippen molar-refractivity contribution in [2.45, 2.75) is 39.7 Å². The van der Waals surface area contributed by atoms with Gasteiger partial charge in [-0.05, 0) is 33.6 Å². The number of nitrogens with zero attached hydrogens (tertiary/aromatic N) is 1. The number of carbonyl (C=O) groups is 1. The van der Waals surface area contributed by atoms with Gasteiger partial charge in [-0.15, -0.1) is 0 Å². The number of hydrogen-bond acceptors (Lipinski definition) is 3. The summed E-state index contributed by atoms with van der Waals surface area (Å²) in [6.07, 6.45) is 1.25. The molecule has 100 valence electrons. The van der Waals surface area contributed by atoms with E-state index in [1.54, 1.807) is 6.92 Å². The van der Waals surface area contributed by atoms with Gasteiger partial charge in [-0.25, -0.2) is 12.7 Å². The largest absolute Gasteiger partial charge is 0.354 e. The molecule has 0 aromatic carbocycles. The smallest absolute Gasteiger partial charge is 0.223 e. The summed E-state index contributed by atoms with van der Waals surface area (Å²) >= 11 is 0. The molecule has 1 fully saturated rings. The van der Waals surface area contributed by atoms with Gasteiger partial charge < -0.3 is 5.32 Å². The van der Waals surface area contributed by atoms with E-state index in [1.165, 1.54) is 4.31 Å². The lowest BCUT2D eigenvalue weighted by Crippen LogP contribution is -2.44. The number of carbonyl (C=O) groups excluding carboxylic acids is 1. The maximum absolute atomic E-state index is 11.8. The minimum absolute atomic E-state index is 0.0410. The van der Waals surface area contributed by atoms with Gasteiger partial charge in [0.1, 0.15) is 0 Å². The van der Waals surface area contributed by atoms with Gasteiger partial charge in [0.2, 0.25) is 15.9 Å². The lowest BCUT2D eigenvalue weighted by molar-refractivity contribution is -0.126. The lowest BCUT2D eigenvalue weighted by atomic mass is 9.97. The molecular weight excluding hydrogens is 240 g/mol. The van der Waals surface area contributed by atoms with Crippen LogP contribution in [0, 0.1) is 5.92 Å². The van der Waals surface area contributed by atoms with Crippen LogP contribution in [0.25, 0.3) is 0 Å². The van der Waals surface area contributed by atoms with Crippen LogP contribution in [0.3, 0.4) is 0 Å². The van der Waals surface area contributed by atoms with Crippen molar-refractivity contribution in [2.75, 3.05) is 18.8 Å². The van der Waals surface area contributed by atoms with E-state index >= 15 is 0 Å². The first-order valence-electron chi connectivity index (χ1n) is 6.15. The van der Waals surface area contributed by atoms with E-state index in [1.807, 2.05) is 13.8 Å². The molecule has 17 heavy (non-hydrogen) atoms. The summed E-state index contributed by atoms with van der Waals surface area (Å²) in [6.45, 7) is 6.43. The molecule has 6 heteroatoms. The molecule has 0 radical (unpaired) electrons. The Bertz CT molecular complexity index is 357. The van der Waals surface area contributed by atoms with Gasteiger partial charge in [-0.1, -0.05) is 0 Å². The van der Waals surface area contributed by atoms with E-state index in [2.05, 4.69) is 5.32 Å². The molecule has 1 aliphatic rings. The number of sulfonamides is 1. The van der Waals surface area contributed by atoms with E-state index in [9.17, 15) is 13.2 Å². The van der Waals surface area contributed by atoms with E-state index in [0.29, 0.717) is 25.9 Å². The fourth-order valence-corrected chi connectivity index (χ4v) is 3.11. The normalized spacial score (nSPS) is 19.5. The van der Waals surface area contributed by atoms with Gasteiger partial charge >= 0.3 is 0 Å². The summed E-state index contributed by atoms with van der Waals surface area (Å²) in [7, 11) is -3.09. The zero-order valence-electron chi connectivity index (χ0n) is 10.8. The Hall–Kier alpha value is -0.620. The van der Waals surface area contributed by atoms with Gasteiger partial charge in [0.05, 0.1) is 5.75 Å². The minimum atomic E-state index is -3.09. The van der Waals surface area contributed by atoms with Crippen LogP contribution < -0.4 is 5.32 Å². The minimum Gasteiger partial charge on any atom is -0.354 e. The van der Waals surface area contributed by atoms with Crippen molar-refractivity contribution in [3.05, 3.63) is 0 Å². The Balaban J connectivity index is 2.49. The van der Waals surface area contributed by atoms with Crippen molar-refractivity contribution >= 4 is 15.9 Å². The molecule has 1 N–H and O–H groups in total. The highest BCUT2D eigenvalue weighted by Crippen LogP contribution is 2.20. The standard InChI is InChI=1S/C11H22N2O3S/c1-4-17(15,16)13-7-5-10(6-8-13)11(14)12-9(2)3/h9-10H,4-8H2,1-3H3,(H,12,14). The molecule has 0 aliphatic carbocycles. The average Bonchev–Trinajstić information content (AvgIpc) is 2.28. The summed E-state index contributed by atoms with van der Waals surface area (Å²) in [4.78, 5) is 11.8. The lowest BCUT2D eigenvalue weighted by Gasteiger charge is -2.30. The molecule has 1 rings (SSSR count). The number of rotatable bonds is 4. The monoisotopic (exact) mass is 262 g/mol. The summed E-state index contributed by atoms with van der Waals surface area (Å²) < 4.78 is 24.8. The second-order valence-corrected chi connectivity index (χ2v) is 6.99. The third-order valence-electron chi connectivity index (χ3n) is 3.01. The van der Waals surface area contributed by atoms with Crippen LogP contribution in [0.2, 0.25) is 0 Å². The van der Waals surface area contributed by atoms with Gasteiger partial charge in [0.25, 0.3) is 0 Å². The Kier molecular flexibility index (Phi) is 4.94. The summed E-state index contributed by atoms with van der Waals surface area (Å²) in [5.41, 5.74) is 0. The first kappa shape index (κ1) is 14.4. The van der Waals surface area contributed by atoms with Gasteiger partial charge in [0.15, 0.2) is 0 Å². The predicted molar refractivity (Wildman–Crippen MR) is 67.0 cm³/mol. The number of nitrogens with one attached hydrogen (secondary N) is 1. The highest BCUT2D eigenvalue weighted by atomic mass is 32.2. The second kappa shape index (κ2) is 5.82. The highest BCUT2D eigenvalue weighted by Gasteiger charge is 2.30. The highest BCUT2D eigenvalue weighted by molar-refractivity contribution is 7.89. The zero-order chi connectivity index (χ0) is 13.1. The fourth-order valence-electron chi connectivity index (χ4n) is 1.98. The predicted octanol–water partition coefficient (Wildman–Crippen LogP) is 0.573. The Morgan fingerprint density at radius 2 is 1.88 bits per heavy atom. The summed E-state index contributed by atoms with van der Waals surface area (Å²) in [5, 5.41) is 2.87. The van der Waals surface area contributed by atoms with Crippen molar-refractivity contribution in [2.24, 2.45) is 5.92 Å². The summed E-state index contributed by atoms with van der Waals surface area (Å²) in [6, 6.07) is 0.139. The second-order valence-electron chi connectivity index (χ2n) is 4.74. The Morgan fingerprint density at radius 3 is 2.29 bits per heavy atom. The first-order chi connectivity index (χ1) is 7.86. The maximum atomic E-state index is 11.8. The van der Waals surface area contributed by atoms with E-state index in [4.69, 9.17) is 0 Å². The van der Waals surface area contributed by atoms with Crippen LogP contribution in [-0.4, -0.2) is 43.5 Å². The van der Waals surface area contributed by atoms with Crippen molar-refractivity contribution in [1.29, 1.82) is 0 Å². The third kappa shape index (κ3) is 3.96. The van der Waals surface area contributed by atoms with E-state index < -0.39 is 10.0 Å². The van der Waals surface area contributed by atoms with Crippen molar-refractivity contribution in [1.82, 2.24) is 9.62 Å². The number of amides is 1. The van der Waals surface area contributed by atoms with Gasteiger partial charge in [-0.2, -0.15) is 0 Å². The van der Waals surface area contributed by atoms with E-state index in [0.717, 1.165) is 0 Å². The van der Waals surface area contributed by atoms with Crippen molar-refractivity contribution in [3.8, 4) is 0 Å². The van der Waals surface area contributed by atoms with Crippen LogP contribution >= 0.6 is 0 Å². The zero-order valence-corrected chi connectivity index (χ0v) is 11.6. The quantitative estimate of drug-likeness (QED) is 0.805. The SMILES string of the molecule is CCS(=O)(=O)N1CCC(C(=O)NC(C)C)CC1. The van der Waals surface area contributed by atoms with Crippen molar-refractivity contribution < 1.29 is 13.2 Å². The summed E-state index contributed by atoms with van der Waals surface area (Å²) in [5.74, 6) is 0.143. The molecule has 1 saturated heterocycles. The molecular formula is C11H22N2O3S. The first-order valence-corrected chi connectivity index (χ1v) is 7.76. The van der Waals surface area contributed by atoms with Crippen LogP contribution in [0.4, 0.5) is 0 Å². The molecule has 0 aromatic rings. The van der Waals surface area contributed by atoms with Gasteiger partial charge in [-0.3, -0.25) is 4.79 Å². The number of hydrogen-bond donors (Lipinski definition) is 1. The molecule has 5 nitrogen and oxygen atoms in total. The molecule has 1 heterocycles.